The molecule has 0 aromatic carbocycles. The van der Waals surface area contributed by atoms with Crippen LogP contribution in [-0.2, 0) is 22.4 Å². The second-order valence-electron chi connectivity index (χ2n) is 7.17. The number of rotatable bonds is 2. The summed E-state index contributed by atoms with van der Waals surface area (Å²) in [6, 6.07) is 0.519. The van der Waals surface area contributed by atoms with Crippen LogP contribution in [0.3, 0.4) is 0 Å². The van der Waals surface area contributed by atoms with Gasteiger partial charge in [-0.1, -0.05) is 0 Å². The molecule has 3 aliphatic heterocycles. The molecular weight excluding hydrogens is 379 g/mol. The minimum Gasteiger partial charge on any atom is -0.464 e. The lowest BCUT2D eigenvalue weighted by molar-refractivity contribution is -0.122. The molecule has 0 amide bonds. The lowest BCUT2D eigenvalue weighted by atomic mass is 9.82. The van der Waals surface area contributed by atoms with Crippen LogP contribution in [0.25, 0.3) is 0 Å². The van der Waals surface area contributed by atoms with Crippen molar-refractivity contribution in [2.45, 2.75) is 50.3 Å². The van der Waals surface area contributed by atoms with Gasteiger partial charge in [0.25, 0.3) is 0 Å². The summed E-state index contributed by atoms with van der Waals surface area (Å²) in [5, 5.41) is 10.6. The van der Waals surface area contributed by atoms with Crippen molar-refractivity contribution in [1.82, 2.24) is 20.4 Å². The molecule has 1 aromatic heterocycles. The maximum atomic E-state index is 11.9. The summed E-state index contributed by atoms with van der Waals surface area (Å²) >= 11 is 0. The largest absolute Gasteiger partial charge is 0.464 e. The standard InChI is InChI=1S/C17H26N4O3.2ClH/c1-23-16(22)15-13-11-21(8-2-14(13)19-20-15)12-3-9-24-17(10-12)4-6-18-7-5-17;;/h12,18H,2-11H2,1H3,(H,19,20);2*1H. The third-order valence-corrected chi connectivity index (χ3v) is 5.84. The number of methoxy groups -OCH3 is 1. The number of aromatic nitrogens is 2. The highest BCUT2D eigenvalue weighted by atomic mass is 35.5. The van der Waals surface area contributed by atoms with Crippen molar-refractivity contribution in [2.24, 2.45) is 0 Å². The molecule has 9 heteroatoms. The molecule has 2 fully saturated rings. The number of carbonyl (C=O) groups is 1. The van der Waals surface area contributed by atoms with Crippen LogP contribution in [0, 0.1) is 0 Å². The van der Waals surface area contributed by atoms with Crippen LogP contribution in [0.15, 0.2) is 0 Å². The number of nitrogens with one attached hydrogen (secondary N) is 2. The van der Waals surface area contributed by atoms with Crippen LogP contribution in [0.1, 0.15) is 47.4 Å². The normalized spacial score (nSPS) is 24.9. The van der Waals surface area contributed by atoms with Crippen LogP contribution in [0.2, 0.25) is 0 Å². The minimum absolute atomic E-state index is 0. The number of aromatic amines is 1. The van der Waals surface area contributed by atoms with Crippen molar-refractivity contribution in [3.8, 4) is 0 Å². The summed E-state index contributed by atoms with van der Waals surface area (Å²) in [5.41, 5.74) is 2.59. The number of nitrogens with zero attached hydrogens (tertiary/aromatic N) is 2. The second-order valence-corrected chi connectivity index (χ2v) is 7.17. The van der Waals surface area contributed by atoms with Gasteiger partial charge in [0.1, 0.15) is 0 Å². The summed E-state index contributed by atoms with van der Waals surface area (Å²) in [4.78, 5) is 14.4. The zero-order valence-electron chi connectivity index (χ0n) is 15.1. The first-order valence-corrected chi connectivity index (χ1v) is 8.94. The molecule has 26 heavy (non-hydrogen) atoms. The van der Waals surface area contributed by atoms with Gasteiger partial charge < -0.3 is 14.8 Å². The molecule has 1 atom stereocenters. The molecule has 148 valence electrons. The first-order valence-electron chi connectivity index (χ1n) is 8.94. The summed E-state index contributed by atoms with van der Waals surface area (Å²) in [6.45, 7) is 4.71. The molecule has 1 aromatic rings. The van der Waals surface area contributed by atoms with Gasteiger partial charge in [-0.25, -0.2) is 4.79 Å². The van der Waals surface area contributed by atoms with Crippen LogP contribution in [-0.4, -0.2) is 66.1 Å². The van der Waals surface area contributed by atoms with E-state index in [1.807, 2.05) is 0 Å². The quantitative estimate of drug-likeness (QED) is 0.727. The molecule has 2 saturated heterocycles. The number of esters is 1. The van der Waals surface area contributed by atoms with Crippen LogP contribution < -0.4 is 5.32 Å². The maximum absolute atomic E-state index is 11.9. The van der Waals surface area contributed by atoms with Gasteiger partial charge in [-0.15, -0.1) is 24.8 Å². The molecule has 1 unspecified atom stereocenters. The number of hydrogen-bond acceptors (Lipinski definition) is 6. The van der Waals surface area contributed by atoms with E-state index in [4.69, 9.17) is 9.47 Å². The van der Waals surface area contributed by atoms with Crippen molar-refractivity contribution in [2.75, 3.05) is 33.4 Å². The number of halogens is 2. The summed E-state index contributed by atoms with van der Waals surface area (Å²) < 4.78 is 11.1. The Morgan fingerprint density at radius 1 is 1.35 bits per heavy atom. The van der Waals surface area contributed by atoms with Crippen molar-refractivity contribution < 1.29 is 14.3 Å². The predicted octanol–water partition coefficient (Wildman–Crippen LogP) is 1.70. The fraction of sp³-hybridized carbons (Fsp3) is 0.765. The number of fused-ring (bicyclic) bond motifs is 1. The van der Waals surface area contributed by atoms with Crippen molar-refractivity contribution >= 4 is 30.8 Å². The fourth-order valence-corrected chi connectivity index (χ4v) is 4.44. The third kappa shape index (κ3) is 4.02. The average Bonchev–Trinajstić information content (AvgIpc) is 3.05. The van der Waals surface area contributed by atoms with Gasteiger partial charge in [-0.3, -0.25) is 10.00 Å². The lowest BCUT2D eigenvalue weighted by Crippen LogP contribution is -2.53. The maximum Gasteiger partial charge on any atom is 0.358 e. The molecule has 0 bridgehead atoms. The molecule has 0 aliphatic carbocycles. The Hall–Kier alpha value is -0.860. The van der Waals surface area contributed by atoms with E-state index in [-0.39, 0.29) is 36.4 Å². The number of H-pyrrole nitrogens is 1. The Morgan fingerprint density at radius 2 is 2.12 bits per heavy atom. The van der Waals surface area contributed by atoms with Crippen LogP contribution >= 0.6 is 24.8 Å². The third-order valence-electron chi connectivity index (χ3n) is 5.84. The molecule has 4 heterocycles. The highest BCUT2D eigenvalue weighted by Crippen LogP contribution is 2.36. The first kappa shape index (κ1) is 21.4. The molecule has 0 saturated carbocycles. The SMILES string of the molecule is COC(=O)c1n[nH]c2c1CN(C1CCOC3(CCNCC3)C1)CC2.Cl.Cl. The van der Waals surface area contributed by atoms with E-state index in [2.05, 4.69) is 20.4 Å². The van der Waals surface area contributed by atoms with E-state index in [1.165, 1.54) is 7.11 Å². The molecule has 2 N–H and O–H groups in total. The number of carbonyl (C=O) groups excluding carboxylic acids is 1. The average molecular weight is 407 g/mol. The number of hydrogen-bond donors (Lipinski definition) is 2. The van der Waals surface area contributed by atoms with Crippen LogP contribution in [0.5, 0.6) is 0 Å². The van der Waals surface area contributed by atoms with Gasteiger partial charge in [-0.2, -0.15) is 5.10 Å². The predicted molar refractivity (Wildman–Crippen MR) is 102 cm³/mol. The first-order chi connectivity index (χ1) is 11.7. The molecule has 4 rings (SSSR count). The smallest absolute Gasteiger partial charge is 0.358 e. The Morgan fingerprint density at radius 3 is 2.85 bits per heavy atom. The summed E-state index contributed by atoms with van der Waals surface area (Å²) in [6.07, 6.45) is 5.26. The van der Waals surface area contributed by atoms with E-state index >= 15 is 0 Å². The Balaban J connectivity index is 0.00000121. The summed E-state index contributed by atoms with van der Waals surface area (Å²) in [5.74, 6) is -0.351. The zero-order chi connectivity index (χ0) is 16.6. The highest BCUT2D eigenvalue weighted by molar-refractivity contribution is 5.89. The summed E-state index contributed by atoms with van der Waals surface area (Å²) in [7, 11) is 1.41. The number of ether oxygens (including phenoxy) is 2. The van der Waals surface area contributed by atoms with Gasteiger partial charge in [0.15, 0.2) is 5.69 Å². The Kier molecular flexibility index (Phi) is 7.33. The highest BCUT2D eigenvalue weighted by Gasteiger charge is 2.41. The Labute approximate surface area is 166 Å². The van der Waals surface area contributed by atoms with E-state index in [0.717, 1.165) is 76.1 Å². The van der Waals surface area contributed by atoms with Gasteiger partial charge >= 0.3 is 5.97 Å². The van der Waals surface area contributed by atoms with E-state index in [0.29, 0.717) is 11.7 Å². The van der Waals surface area contributed by atoms with Crippen LogP contribution in [0.4, 0.5) is 0 Å². The van der Waals surface area contributed by atoms with Gasteiger partial charge in [0.2, 0.25) is 0 Å². The number of piperidine rings is 1. The topological polar surface area (TPSA) is 79.5 Å². The van der Waals surface area contributed by atoms with Gasteiger partial charge in [0, 0.05) is 43.4 Å². The molecule has 3 aliphatic rings. The van der Waals surface area contributed by atoms with Crippen molar-refractivity contribution in [3.63, 3.8) is 0 Å². The van der Waals surface area contributed by atoms with E-state index < -0.39 is 0 Å². The molecule has 1 spiro atoms. The molecule has 7 nitrogen and oxygen atoms in total. The van der Waals surface area contributed by atoms with E-state index in [9.17, 15) is 4.79 Å². The van der Waals surface area contributed by atoms with E-state index in [1.54, 1.807) is 0 Å². The van der Waals surface area contributed by atoms with Gasteiger partial charge in [0.05, 0.1) is 12.7 Å². The van der Waals surface area contributed by atoms with Gasteiger partial charge in [-0.05, 0) is 38.8 Å². The monoisotopic (exact) mass is 406 g/mol. The second kappa shape index (κ2) is 8.89. The Bertz CT molecular complexity index is 614. The molecular formula is C17H28Cl2N4O3. The molecule has 0 radical (unpaired) electrons. The zero-order valence-corrected chi connectivity index (χ0v) is 16.7. The minimum atomic E-state index is -0.351. The van der Waals surface area contributed by atoms with Crippen molar-refractivity contribution in [3.05, 3.63) is 17.0 Å². The van der Waals surface area contributed by atoms with Crippen molar-refractivity contribution in [1.29, 1.82) is 0 Å². The fourth-order valence-electron chi connectivity index (χ4n) is 4.44. The lowest BCUT2D eigenvalue weighted by Gasteiger charge is -2.47.